The lowest BCUT2D eigenvalue weighted by atomic mass is 10.1. The Labute approximate surface area is 134 Å². The largest absolute Gasteiger partial charge is 0.478 e. The molecule has 0 bridgehead atoms. The van der Waals surface area contributed by atoms with Gasteiger partial charge in [-0.1, -0.05) is 0 Å². The number of sulfonamides is 1. The van der Waals surface area contributed by atoms with E-state index in [1.165, 1.54) is 6.07 Å². The van der Waals surface area contributed by atoms with Gasteiger partial charge in [0.15, 0.2) is 0 Å². The molecular formula is C15H17N3O4S. The van der Waals surface area contributed by atoms with Crippen molar-refractivity contribution in [3.05, 3.63) is 46.8 Å². The van der Waals surface area contributed by atoms with Crippen LogP contribution in [-0.2, 0) is 36.5 Å². The van der Waals surface area contributed by atoms with Crippen LogP contribution < -0.4 is 4.72 Å². The number of rotatable bonds is 5. The Balaban J connectivity index is 1.94. The molecular weight excluding hydrogens is 318 g/mol. The summed E-state index contributed by atoms with van der Waals surface area (Å²) in [7, 11) is -2.03. The van der Waals surface area contributed by atoms with Crippen LogP contribution in [0.15, 0.2) is 29.4 Å². The minimum absolute atomic E-state index is 0.00685. The van der Waals surface area contributed by atoms with Crippen molar-refractivity contribution in [3.63, 3.8) is 0 Å². The Morgan fingerprint density at radius 1 is 1.39 bits per heavy atom. The average molecular weight is 335 g/mol. The van der Waals surface area contributed by atoms with Gasteiger partial charge in [-0.3, -0.25) is 4.68 Å². The lowest BCUT2D eigenvalue weighted by Gasteiger charge is -2.12. The van der Waals surface area contributed by atoms with Gasteiger partial charge in [0.25, 0.3) is 0 Å². The fraction of sp³-hybridized carbons (Fsp3) is 0.333. The highest BCUT2D eigenvalue weighted by atomic mass is 32.2. The summed E-state index contributed by atoms with van der Waals surface area (Å²) in [6, 6.07) is 2.82. The first-order valence-corrected chi connectivity index (χ1v) is 8.71. The molecule has 23 heavy (non-hydrogen) atoms. The SMILES string of the molecule is Cn1cc(CNS(=O)(=O)c2cc(C(=O)O)cc3c2CCC3)cn1. The van der Waals surface area contributed by atoms with Crippen LogP contribution in [0.4, 0.5) is 0 Å². The molecule has 3 rings (SSSR count). The molecule has 2 N–H and O–H groups in total. The molecule has 1 heterocycles. The summed E-state index contributed by atoms with van der Waals surface area (Å²) in [5.74, 6) is -1.12. The number of nitrogens with one attached hydrogen (secondary N) is 1. The average Bonchev–Trinajstić information content (AvgIpc) is 3.12. The molecule has 0 aliphatic heterocycles. The number of aromatic carboxylic acids is 1. The smallest absolute Gasteiger partial charge is 0.335 e. The topological polar surface area (TPSA) is 101 Å². The molecule has 0 saturated heterocycles. The zero-order chi connectivity index (χ0) is 16.6. The van der Waals surface area contributed by atoms with Crippen LogP contribution in [0.3, 0.4) is 0 Å². The number of nitrogens with zero attached hydrogens (tertiary/aromatic N) is 2. The van der Waals surface area contributed by atoms with Gasteiger partial charge in [0, 0.05) is 25.4 Å². The van der Waals surface area contributed by atoms with Crippen LogP contribution >= 0.6 is 0 Å². The Kier molecular flexibility index (Phi) is 3.95. The molecule has 1 aromatic carbocycles. The van der Waals surface area contributed by atoms with Gasteiger partial charge < -0.3 is 5.11 Å². The van der Waals surface area contributed by atoms with Crippen molar-refractivity contribution in [2.45, 2.75) is 30.7 Å². The quantitative estimate of drug-likeness (QED) is 0.851. The molecule has 0 spiro atoms. The van der Waals surface area contributed by atoms with Crippen LogP contribution in [-0.4, -0.2) is 29.3 Å². The van der Waals surface area contributed by atoms with Crippen LogP contribution in [0.1, 0.15) is 33.5 Å². The van der Waals surface area contributed by atoms with E-state index in [9.17, 15) is 18.3 Å². The molecule has 0 atom stereocenters. The third-order valence-corrected chi connectivity index (χ3v) is 5.40. The first-order chi connectivity index (χ1) is 10.9. The van der Waals surface area contributed by atoms with Crippen LogP contribution in [0.5, 0.6) is 0 Å². The molecule has 1 aliphatic carbocycles. The van der Waals surface area contributed by atoms with Crippen molar-refractivity contribution >= 4 is 16.0 Å². The van der Waals surface area contributed by atoms with Crippen LogP contribution in [0.2, 0.25) is 0 Å². The van der Waals surface area contributed by atoms with E-state index in [2.05, 4.69) is 9.82 Å². The van der Waals surface area contributed by atoms with Gasteiger partial charge in [0.2, 0.25) is 10.0 Å². The number of carbonyl (C=O) groups is 1. The number of fused-ring (bicyclic) bond motifs is 1. The van der Waals surface area contributed by atoms with E-state index < -0.39 is 16.0 Å². The number of aryl methyl sites for hydroxylation is 2. The maximum atomic E-state index is 12.6. The van der Waals surface area contributed by atoms with Crippen molar-refractivity contribution in [2.24, 2.45) is 7.05 Å². The number of carboxylic acids is 1. The minimum Gasteiger partial charge on any atom is -0.478 e. The second kappa shape index (κ2) is 5.78. The fourth-order valence-electron chi connectivity index (χ4n) is 2.85. The predicted molar refractivity (Wildman–Crippen MR) is 82.7 cm³/mol. The second-order valence-electron chi connectivity index (χ2n) is 5.62. The highest BCUT2D eigenvalue weighted by Gasteiger charge is 2.26. The van der Waals surface area contributed by atoms with E-state index in [1.54, 1.807) is 30.2 Å². The third kappa shape index (κ3) is 3.13. The van der Waals surface area contributed by atoms with Gasteiger partial charge in [-0.15, -0.1) is 0 Å². The molecule has 122 valence electrons. The number of hydrogen-bond acceptors (Lipinski definition) is 4. The summed E-state index contributed by atoms with van der Waals surface area (Å²) in [4.78, 5) is 11.3. The number of carboxylic acid groups (broad SMARTS) is 1. The normalized spacial score (nSPS) is 14.0. The third-order valence-electron chi connectivity index (χ3n) is 3.94. The second-order valence-corrected chi connectivity index (χ2v) is 7.35. The standard InChI is InChI=1S/C15H17N3O4S/c1-18-9-10(7-16-18)8-17-23(21,22)14-6-12(15(19)20)5-11-3-2-4-13(11)14/h5-7,9,17H,2-4,8H2,1H3,(H,19,20). The molecule has 1 aliphatic rings. The molecule has 0 amide bonds. The van der Waals surface area contributed by atoms with Crippen molar-refractivity contribution in [2.75, 3.05) is 0 Å². The lowest BCUT2D eigenvalue weighted by molar-refractivity contribution is 0.0696. The summed E-state index contributed by atoms with van der Waals surface area (Å²) in [6.07, 6.45) is 5.50. The van der Waals surface area contributed by atoms with E-state index in [0.29, 0.717) is 12.8 Å². The van der Waals surface area contributed by atoms with Crippen molar-refractivity contribution < 1.29 is 18.3 Å². The van der Waals surface area contributed by atoms with Gasteiger partial charge >= 0.3 is 5.97 Å². The molecule has 0 fully saturated rings. The zero-order valence-electron chi connectivity index (χ0n) is 12.6. The van der Waals surface area contributed by atoms with E-state index in [1.807, 2.05) is 0 Å². The highest BCUT2D eigenvalue weighted by Crippen LogP contribution is 2.30. The van der Waals surface area contributed by atoms with Gasteiger partial charge in [-0.05, 0) is 42.5 Å². The molecule has 0 saturated carbocycles. The van der Waals surface area contributed by atoms with Gasteiger partial charge in [0.05, 0.1) is 16.7 Å². The maximum absolute atomic E-state index is 12.6. The summed E-state index contributed by atoms with van der Waals surface area (Å²) in [5.41, 5.74) is 2.29. The Hall–Kier alpha value is -2.19. The first-order valence-electron chi connectivity index (χ1n) is 7.23. The fourth-order valence-corrected chi connectivity index (χ4v) is 4.20. The summed E-state index contributed by atoms with van der Waals surface area (Å²) in [5, 5.41) is 13.2. The molecule has 2 aromatic rings. The Morgan fingerprint density at radius 3 is 2.83 bits per heavy atom. The summed E-state index contributed by atoms with van der Waals surface area (Å²) < 4.78 is 29.3. The van der Waals surface area contributed by atoms with E-state index in [4.69, 9.17) is 0 Å². The number of benzene rings is 1. The van der Waals surface area contributed by atoms with Crippen LogP contribution in [0.25, 0.3) is 0 Å². The van der Waals surface area contributed by atoms with Crippen LogP contribution in [0, 0.1) is 0 Å². The molecule has 0 unspecified atom stereocenters. The van der Waals surface area contributed by atoms with E-state index in [0.717, 1.165) is 23.1 Å². The van der Waals surface area contributed by atoms with Crippen molar-refractivity contribution in [1.29, 1.82) is 0 Å². The molecule has 7 nitrogen and oxygen atoms in total. The maximum Gasteiger partial charge on any atom is 0.335 e. The van der Waals surface area contributed by atoms with Gasteiger partial charge in [-0.2, -0.15) is 5.10 Å². The van der Waals surface area contributed by atoms with E-state index in [-0.39, 0.29) is 17.0 Å². The monoisotopic (exact) mass is 335 g/mol. The Morgan fingerprint density at radius 2 is 2.17 bits per heavy atom. The lowest BCUT2D eigenvalue weighted by Crippen LogP contribution is -2.24. The van der Waals surface area contributed by atoms with Crippen molar-refractivity contribution in [1.82, 2.24) is 14.5 Å². The van der Waals surface area contributed by atoms with Gasteiger partial charge in [-0.25, -0.2) is 17.9 Å². The zero-order valence-corrected chi connectivity index (χ0v) is 13.4. The summed E-state index contributed by atoms with van der Waals surface area (Å²) >= 11 is 0. The summed E-state index contributed by atoms with van der Waals surface area (Å²) in [6.45, 7) is 0.113. The van der Waals surface area contributed by atoms with Gasteiger partial charge in [0.1, 0.15) is 0 Å². The molecule has 8 heteroatoms. The predicted octanol–water partition coefficient (Wildman–Crippen LogP) is 1.09. The number of aromatic nitrogens is 2. The van der Waals surface area contributed by atoms with Crippen molar-refractivity contribution in [3.8, 4) is 0 Å². The Bertz CT molecular complexity index is 871. The molecule has 1 aromatic heterocycles. The number of hydrogen-bond donors (Lipinski definition) is 2. The minimum atomic E-state index is -3.78. The molecule has 0 radical (unpaired) electrons. The first kappa shape index (κ1) is 15.7. The highest BCUT2D eigenvalue weighted by molar-refractivity contribution is 7.89. The van der Waals surface area contributed by atoms with E-state index >= 15 is 0 Å².